The molecule has 0 aliphatic heterocycles. The van der Waals surface area contributed by atoms with E-state index in [1.54, 1.807) is 64.8 Å². The summed E-state index contributed by atoms with van der Waals surface area (Å²) in [6, 6.07) is 38.3. The van der Waals surface area contributed by atoms with E-state index in [-0.39, 0.29) is 29.1 Å². The van der Waals surface area contributed by atoms with Crippen LogP contribution in [0.1, 0.15) is 45.2 Å². The van der Waals surface area contributed by atoms with Gasteiger partial charge in [0, 0.05) is 0 Å². The minimum atomic E-state index is -3.29. The molecule has 0 heterocycles. The van der Waals surface area contributed by atoms with Crippen LogP contribution in [0.25, 0.3) is 0 Å². The van der Waals surface area contributed by atoms with Crippen LogP contribution >= 0.6 is 6.83 Å². The predicted molar refractivity (Wildman–Crippen MR) is 194 cm³/mol. The van der Waals surface area contributed by atoms with Crippen molar-refractivity contribution in [1.29, 1.82) is 0 Å². The predicted octanol–water partition coefficient (Wildman–Crippen LogP) is 8.43. The van der Waals surface area contributed by atoms with Crippen LogP contribution in [0.5, 0.6) is 23.0 Å². The first-order chi connectivity index (χ1) is 23.7. The van der Waals surface area contributed by atoms with Gasteiger partial charge in [0.1, 0.15) is 11.5 Å². The van der Waals surface area contributed by atoms with Crippen LogP contribution < -0.4 is 4.52 Å². The number of benzene rings is 5. The van der Waals surface area contributed by atoms with Crippen molar-refractivity contribution in [2.45, 2.75) is 11.8 Å². The van der Waals surface area contributed by atoms with Gasteiger partial charge in [0.15, 0.2) is 0 Å². The van der Waals surface area contributed by atoms with E-state index in [0.717, 1.165) is 33.4 Å². The van der Waals surface area contributed by atoms with Gasteiger partial charge in [-0.2, -0.15) is 0 Å². The Hall–Kier alpha value is -4.43. The molecule has 3 N–H and O–H groups in total. The van der Waals surface area contributed by atoms with E-state index in [1.165, 1.54) is 0 Å². The summed E-state index contributed by atoms with van der Waals surface area (Å²) >= 11 is 0. The second-order valence-electron chi connectivity index (χ2n) is 12.5. The average molecular weight is 685 g/mol. The van der Waals surface area contributed by atoms with Gasteiger partial charge >= 0.3 is 219 Å². The third-order valence-corrected chi connectivity index (χ3v) is 13.1. The summed E-state index contributed by atoms with van der Waals surface area (Å²) in [6.07, 6.45) is 1.22. The first-order valence-electron chi connectivity index (χ1n) is 15.9. The number of methoxy groups -OCH3 is 4. The Morgan fingerprint density at radius 2 is 0.612 bits per heavy atom. The summed E-state index contributed by atoms with van der Waals surface area (Å²) in [4.78, 5) is 0. The molecule has 0 aliphatic carbocycles. The molecule has 1 unspecified atom stereocenters. The van der Waals surface area contributed by atoms with Crippen molar-refractivity contribution in [2.24, 2.45) is 0 Å². The molecule has 0 aromatic heterocycles. The van der Waals surface area contributed by atoms with Crippen molar-refractivity contribution >= 4 is 6.83 Å². The van der Waals surface area contributed by atoms with Crippen LogP contribution in [0, 0.1) is 0 Å². The van der Waals surface area contributed by atoms with Gasteiger partial charge in [-0.3, -0.25) is 0 Å². The summed E-state index contributed by atoms with van der Waals surface area (Å²) in [5.74, 6) is 1.01. The molecule has 5 rings (SSSR count). The summed E-state index contributed by atoms with van der Waals surface area (Å²) in [6.45, 7) is -3.29. The number of phenolic OH excluding ortho intramolecular Hbond substituents is 3. The number of hydrogen-bond donors (Lipinski definition) is 3. The Kier molecular flexibility index (Phi) is 11.6. The third kappa shape index (κ3) is 8.24. The Morgan fingerprint density at radius 3 is 0.857 bits per heavy atom. The second kappa shape index (κ2) is 15.9. The minimum absolute atomic E-state index is 0.117. The molecule has 0 radical (unpaired) electrons. The molecule has 49 heavy (non-hydrogen) atoms. The van der Waals surface area contributed by atoms with Crippen LogP contribution in [0.3, 0.4) is 0 Å². The van der Waals surface area contributed by atoms with Crippen molar-refractivity contribution in [1.82, 2.24) is 0 Å². The summed E-state index contributed by atoms with van der Waals surface area (Å²) in [5, 5.41) is 30.0. The van der Waals surface area contributed by atoms with Gasteiger partial charge in [0.2, 0.25) is 0 Å². The third-order valence-electron chi connectivity index (χ3n) is 8.68. The molecule has 5 aromatic carbocycles. The summed E-state index contributed by atoms with van der Waals surface area (Å²) in [5.41, 5.74) is 6.22. The number of rotatable bonds is 16. The fourth-order valence-electron chi connectivity index (χ4n) is 6.69. The van der Waals surface area contributed by atoms with Crippen molar-refractivity contribution in [3.8, 4) is 23.0 Å². The van der Waals surface area contributed by atoms with Crippen LogP contribution in [0.15, 0.2) is 121 Å². The monoisotopic (exact) mass is 684 g/mol. The summed E-state index contributed by atoms with van der Waals surface area (Å²) < 4.78 is 29.5. The fraction of sp³-hybridized carbons (Fsp3) is 0.250. The van der Waals surface area contributed by atoms with Gasteiger partial charge < -0.3 is 10.2 Å². The van der Waals surface area contributed by atoms with Crippen molar-refractivity contribution in [3.05, 3.63) is 155 Å². The second-order valence-corrected chi connectivity index (χ2v) is 17.4. The molecule has 0 fully saturated rings. The molecular formula is C40H45O8P. The van der Waals surface area contributed by atoms with Crippen molar-refractivity contribution in [2.75, 3.05) is 53.8 Å². The molecular weight excluding hydrogens is 639 g/mol. The summed E-state index contributed by atoms with van der Waals surface area (Å²) in [7, 11) is 6.56. The van der Waals surface area contributed by atoms with Gasteiger partial charge in [-0.05, 0) is 24.3 Å². The molecule has 0 amide bonds. The quantitative estimate of drug-likeness (QED) is 0.0703. The number of ether oxygens (including phenoxy) is 4. The van der Waals surface area contributed by atoms with Gasteiger partial charge in [0.05, 0.1) is 0 Å². The molecule has 258 valence electrons. The van der Waals surface area contributed by atoms with Crippen LogP contribution in [-0.2, 0) is 18.9 Å². The van der Waals surface area contributed by atoms with Gasteiger partial charge in [-0.15, -0.1) is 0 Å². The standard InChI is InChI=1S/C40H45O8P/c1-44-25-49(26-45-2,27-46-3,28-47-4)48-38-23-15-34(16-24-38)40(33-13-21-37(43)22-14-33)30-7-5-29(6-8-30)39(31-9-17-35(41)18-10-31)32-11-19-36(42)20-12-32/h5-24,39-43H,25-28H2,1-4H3. The first kappa shape index (κ1) is 35.9. The van der Waals surface area contributed by atoms with Crippen molar-refractivity contribution in [3.63, 3.8) is 0 Å². The van der Waals surface area contributed by atoms with Gasteiger partial charge in [-0.1, -0.05) is 24.3 Å². The zero-order valence-electron chi connectivity index (χ0n) is 28.4. The zero-order chi connectivity index (χ0) is 34.9. The normalized spacial score (nSPS) is 13.1. The molecule has 0 bridgehead atoms. The zero-order valence-corrected chi connectivity index (χ0v) is 29.3. The number of hydrogen-bond acceptors (Lipinski definition) is 8. The molecule has 1 atom stereocenters. The van der Waals surface area contributed by atoms with E-state index >= 15 is 0 Å². The molecule has 0 aliphatic rings. The van der Waals surface area contributed by atoms with Crippen LogP contribution in [-0.4, -0.2) is 69.2 Å². The number of aromatic hydroxyl groups is 3. The van der Waals surface area contributed by atoms with Crippen molar-refractivity contribution < 1.29 is 38.8 Å². The van der Waals surface area contributed by atoms with E-state index in [4.69, 9.17) is 23.5 Å². The maximum atomic E-state index is 10.1. The Bertz CT molecular complexity index is 1680. The van der Waals surface area contributed by atoms with E-state index in [1.807, 2.05) is 48.5 Å². The molecule has 0 saturated heterocycles. The molecule has 0 saturated carbocycles. The van der Waals surface area contributed by atoms with Crippen LogP contribution in [0.4, 0.5) is 0 Å². The van der Waals surface area contributed by atoms with E-state index in [2.05, 4.69) is 36.4 Å². The van der Waals surface area contributed by atoms with E-state index in [0.29, 0.717) is 31.1 Å². The molecule has 8 nitrogen and oxygen atoms in total. The molecule has 9 heteroatoms. The Balaban J connectivity index is 1.53. The average Bonchev–Trinajstić information content (AvgIpc) is 3.09. The van der Waals surface area contributed by atoms with Gasteiger partial charge in [0.25, 0.3) is 0 Å². The SMILES string of the molecule is COCP(COC)(COC)(COC)Oc1ccc(C(c2ccc(O)cc2)c2ccc(C(c3ccc(O)cc3)c3ccc(O)cc3)cc2)cc1. The Labute approximate surface area is 288 Å². The fourth-order valence-corrected chi connectivity index (χ4v) is 10.7. The molecule has 5 aromatic rings. The van der Waals surface area contributed by atoms with E-state index in [9.17, 15) is 15.3 Å². The maximum absolute atomic E-state index is 10.1. The first-order valence-corrected chi connectivity index (χ1v) is 18.8. The van der Waals surface area contributed by atoms with Gasteiger partial charge in [-0.25, -0.2) is 0 Å². The molecule has 0 spiro atoms. The topological polar surface area (TPSA) is 107 Å². The Morgan fingerprint density at radius 1 is 0.388 bits per heavy atom. The van der Waals surface area contributed by atoms with Crippen LogP contribution in [0.2, 0.25) is 0 Å². The van der Waals surface area contributed by atoms with E-state index < -0.39 is 6.83 Å². The number of phenols is 3.